The van der Waals surface area contributed by atoms with E-state index in [2.05, 4.69) is 5.32 Å². The lowest BCUT2D eigenvalue weighted by Gasteiger charge is -2.49. The molecule has 0 bridgehead atoms. The maximum atomic E-state index is 13.8. The number of carbonyl (C=O) groups is 2. The number of carbonyl (C=O) groups excluding carboxylic acids is 2. The summed E-state index contributed by atoms with van der Waals surface area (Å²) < 4.78 is 27.1. The van der Waals surface area contributed by atoms with Gasteiger partial charge in [-0.05, 0) is 36.4 Å². The lowest BCUT2D eigenvalue weighted by atomic mass is 9.79. The molecule has 0 spiro atoms. The second-order valence-electron chi connectivity index (χ2n) is 7.30. The quantitative estimate of drug-likeness (QED) is 0.522. The minimum absolute atomic E-state index is 0.0982. The zero-order valence-corrected chi connectivity index (χ0v) is 18.7. The van der Waals surface area contributed by atoms with Crippen molar-refractivity contribution in [1.29, 1.82) is 0 Å². The van der Waals surface area contributed by atoms with Gasteiger partial charge in [-0.3, -0.25) is 14.5 Å². The molecule has 2 amide bonds. The van der Waals surface area contributed by atoms with Crippen molar-refractivity contribution in [1.82, 2.24) is 0 Å². The van der Waals surface area contributed by atoms with Crippen molar-refractivity contribution < 1.29 is 33.0 Å². The van der Waals surface area contributed by atoms with Crippen LogP contribution in [-0.2, 0) is 15.1 Å². The average molecular weight is 452 g/mol. The average Bonchev–Trinajstić information content (AvgIpc) is 3.37. The van der Waals surface area contributed by atoms with Gasteiger partial charge in [0.25, 0.3) is 5.91 Å². The fraction of sp³-hybridized carbons (Fsp3) is 0.250. The molecule has 1 fully saturated rings. The molecule has 33 heavy (non-hydrogen) atoms. The highest BCUT2D eigenvalue weighted by Gasteiger charge is 2.61. The molecule has 1 N–H and O–H groups in total. The number of nitrogens with zero attached hydrogens (tertiary/aromatic N) is 1. The molecule has 0 saturated carbocycles. The minimum atomic E-state index is -1.45. The molecule has 2 heterocycles. The summed E-state index contributed by atoms with van der Waals surface area (Å²) in [5.41, 5.74) is -0.671. The van der Waals surface area contributed by atoms with Crippen LogP contribution in [0.3, 0.4) is 0 Å². The van der Waals surface area contributed by atoms with Gasteiger partial charge in [0.05, 0.1) is 52.5 Å². The van der Waals surface area contributed by atoms with Crippen molar-refractivity contribution in [2.45, 2.75) is 12.0 Å². The van der Waals surface area contributed by atoms with Gasteiger partial charge in [-0.25, -0.2) is 0 Å². The molecule has 9 nitrogen and oxygen atoms in total. The number of anilines is 2. The number of nitrogens with one attached hydrogen (secondary N) is 1. The van der Waals surface area contributed by atoms with Crippen LogP contribution in [0.25, 0.3) is 0 Å². The number of benzene rings is 2. The smallest absolute Gasteiger partial charge is 0.259 e. The highest BCUT2D eigenvalue weighted by molar-refractivity contribution is 6.17. The second-order valence-corrected chi connectivity index (χ2v) is 7.30. The van der Waals surface area contributed by atoms with Crippen molar-refractivity contribution in [3.63, 3.8) is 0 Å². The molecule has 0 radical (unpaired) electrons. The van der Waals surface area contributed by atoms with Crippen LogP contribution in [0.5, 0.6) is 23.0 Å². The van der Waals surface area contributed by atoms with Crippen LogP contribution in [-0.4, -0.2) is 40.3 Å². The maximum absolute atomic E-state index is 13.8. The summed E-state index contributed by atoms with van der Waals surface area (Å²) >= 11 is 0. The molecule has 1 aromatic heterocycles. The Morgan fingerprint density at radius 3 is 2.18 bits per heavy atom. The summed E-state index contributed by atoms with van der Waals surface area (Å²) in [5.74, 6) is 1.45. The summed E-state index contributed by atoms with van der Waals surface area (Å²) in [6.07, 6.45) is 1.36. The van der Waals surface area contributed by atoms with Crippen LogP contribution < -0.4 is 29.2 Å². The molecular weight excluding hydrogens is 428 g/mol. The number of rotatable bonds is 8. The van der Waals surface area contributed by atoms with Crippen LogP contribution in [0.15, 0.2) is 59.2 Å². The van der Waals surface area contributed by atoms with E-state index in [0.29, 0.717) is 40.1 Å². The third-order valence-electron chi connectivity index (χ3n) is 5.62. The first-order valence-electron chi connectivity index (χ1n) is 10.1. The molecule has 1 saturated heterocycles. The second kappa shape index (κ2) is 8.78. The fourth-order valence-corrected chi connectivity index (χ4v) is 3.95. The van der Waals surface area contributed by atoms with E-state index >= 15 is 0 Å². The van der Waals surface area contributed by atoms with Crippen molar-refractivity contribution in [3.8, 4) is 23.0 Å². The molecule has 3 aromatic rings. The number of furan rings is 1. The molecule has 172 valence electrons. The van der Waals surface area contributed by atoms with E-state index in [4.69, 9.17) is 23.4 Å². The Kier molecular flexibility index (Phi) is 5.87. The highest BCUT2D eigenvalue weighted by Crippen LogP contribution is 2.49. The van der Waals surface area contributed by atoms with Crippen LogP contribution >= 0.6 is 0 Å². The van der Waals surface area contributed by atoms with E-state index < -0.39 is 11.4 Å². The zero-order valence-electron chi connectivity index (χ0n) is 18.7. The number of amides is 2. The molecule has 2 aromatic carbocycles. The normalized spacial score (nSPS) is 17.2. The van der Waals surface area contributed by atoms with Crippen LogP contribution in [0.2, 0.25) is 0 Å². The molecule has 1 aliphatic rings. The van der Waals surface area contributed by atoms with Crippen molar-refractivity contribution in [2.24, 2.45) is 0 Å². The van der Waals surface area contributed by atoms with Crippen LogP contribution in [0.1, 0.15) is 12.2 Å². The van der Waals surface area contributed by atoms with Gasteiger partial charge in [-0.2, -0.15) is 0 Å². The van der Waals surface area contributed by atoms with Gasteiger partial charge in [0, 0.05) is 12.1 Å². The van der Waals surface area contributed by atoms with Crippen LogP contribution in [0, 0.1) is 0 Å². The summed E-state index contributed by atoms with van der Waals surface area (Å²) in [7, 11) is 6.04. The van der Waals surface area contributed by atoms with E-state index in [0.717, 1.165) is 0 Å². The van der Waals surface area contributed by atoms with Crippen molar-refractivity contribution in [3.05, 3.63) is 60.6 Å². The third-order valence-corrected chi connectivity index (χ3v) is 5.62. The number of hydrogen-bond acceptors (Lipinski definition) is 7. The van der Waals surface area contributed by atoms with Gasteiger partial charge in [0.1, 0.15) is 28.8 Å². The molecule has 9 heteroatoms. The molecule has 1 atom stereocenters. The molecule has 4 rings (SSSR count). The number of hydrogen-bond donors (Lipinski definition) is 1. The van der Waals surface area contributed by atoms with E-state index in [-0.39, 0.29) is 12.3 Å². The summed E-state index contributed by atoms with van der Waals surface area (Å²) in [5, 5.41) is 2.88. The topological polar surface area (TPSA) is 99.5 Å². The van der Waals surface area contributed by atoms with E-state index in [1.807, 2.05) is 0 Å². The van der Waals surface area contributed by atoms with Gasteiger partial charge < -0.3 is 28.7 Å². The van der Waals surface area contributed by atoms with Crippen LogP contribution in [0.4, 0.5) is 11.4 Å². The highest BCUT2D eigenvalue weighted by atomic mass is 16.5. The van der Waals surface area contributed by atoms with Crippen molar-refractivity contribution in [2.75, 3.05) is 38.7 Å². The Bertz CT molecular complexity index is 1180. The lowest BCUT2D eigenvalue weighted by Crippen LogP contribution is -2.67. The Morgan fingerprint density at radius 1 is 0.939 bits per heavy atom. The summed E-state index contributed by atoms with van der Waals surface area (Å²) in [4.78, 5) is 28.2. The van der Waals surface area contributed by atoms with Crippen molar-refractivity contribution >= 4 is 23.2 Å². The first kappa shape index (κ1) is 22.1. The van der Waals surface area contributed by atoms with E-state index in [9.17, 15) is 9.59 Å². The Labute approximate surface area is 190 Å². The number of β-lactam (4-membered cyclic amide) rings is 1. The Balaban J connectivity index is 1.82. The summed E-state index contributed by atoms with van der Waals surface area (Å²) in [6.45, 7) is 0. The largest absolute Gasteiger partial charge is 0.497 e. The standard InChI is InChI=1S/C24H24N2O7/c1-29-15-7-9-19(31-3)17(12-15)25-23(28)24(21-6-5-11-33-21)14-22(27)26(24)18-13-16(30-2)8-10-20(18)32-4/h5-13H,14H2,1-4H3,(H,25,28). The van der Waals surface area contributed by atoms with Gasteiger partial charge in [0.15, 0.2) is 5.54 Å². The van der Waals surface area contributed by atoms with Gasteiger partial charge in [-0.1, -0.05) is 0 Å². The number of ether oxygens (including phenoxy) is 4. The predicted molar refractivity (Wildman–Crippen MR) is 120 cm³/mol. The first-order chi connectivity index (χ1) is 16.0. The maximum Gasteiger partial charge on any atom is 0.259 e. The lowest BCUT2D eigenvalue weighted by molar-refractivity contribution is -0.138. The van der Waals surface area contributed by atoms with Gasteiger partial charge >= 0.3 is 0 Å². The molecule has 0 aliphatic carbocycles. The van der Waals surface area contributed by atoms with E-state index in [1.54, 1.807) is 48.5 Å². The zero-order chi connectivity index (χ0) is 23.6. The monoisotopic (exact) mass is 452 g/mol. The SMILES string of the molecule is COc1ccc(OC)c(NC(=O)C2(c3ccco3)CC(=O)N2c2cc(OC)ccc2OC)c1. The van der Waals surface area contributed by atoms with E-state index in [1.165, 1.54) is 39.6 Å². The van der Waals surface area contributed by atoms with Gasteiger partial charge in [0.2, 0.25) is 5.91 Å². The molecular formula is C24H24N2O7. The fourth-order valence-electron chi connectivity index (χ4n) is 3.95. The minimum Gasteiger partial charge on any atom is -0.497 e. The molecule has 1 aliphatic heterocycles. The Morgan fingerprint density at radius 2 is 1.61 bits per heavy atom. The first-order valence-corrected chi connectivity index (χ1v) is 10.1. The summed E-state index contributed by atoms with van der Waals surface area (Å²) in [6, 6.07) is 13.4. The number of methoxy groups -OCH3 is 4. The predicted octanol–water partition coefficient (Wildman–Crippen LogP) is 3.58. The Hall–Kier alpha value is -4.14. The third kappa shape index (κ3) is 3.61. The van der Waals surface area contributed by atoms with Gasteiger partial charge in [-0.15, -0.1) is 0 Å². The molecule has 1 unspecified atom stereocenters.